The van der Waals surface area contributed by atoms with Crippen LogP contribution in [0.25, 0.3) is 0 Å². The molecular formula is C9H17BrN2O4S. The van der Waals surface area contributed by atoms with Crippen LogP contribution in [0.1, 0.15) is 33.1 Å². The second-order valence-corrected chi connectivity index (χ2v) is 6.85. The van der Waals surface area contributed by atoms with Crippen LogP contribution in [0, 0.1) is 0 Å². The van der Waals surface area contributed by atoms with E-state index >= 15 is 0 Å². The third kappa shape index (κ3) is 5.22. The van der Waals surface area contributed by atoms with Crippen molar-refractivity contribution in [1.82, 2.24) is 9.44 Å². The normalized spacial score (nSPS) is 24.9. The minimum Gasteiger partial charge on any atom is -0.446 e. The molecule has 0 radical (unpaired) electrons. The summed E-state index contributed by atoms with van der Waals surface area (Å²) in [7, 11) is -3.85. The molecule has 1 aliphatic rings. The molecule has 8 heteroatoms. The van der Waals surface area contributed by atoms with E-state index in [2.05, 4.69) is 20.7 Å². The Balaban J connectivity index is 2.48. The van der Waals surface area contributed by atoms with E-state index in [0.29, 0.717) is 0 Å². The lowest BCUT2D eigenvalue weighted by molar-refractivity contribution is 0.121. The summed E-state index contributed by atoms with van der Waals surface area (Å²) in [6, 6.07) is -0.181. The summed E-state index contributed by atoms with van der Waals surface area (Å²) in [6.45, 7) is 3.29. The fourth-order valence-electron chi connectivity index (χ4n) is 1.62. The van der Waals surface area contributed by atoms with Gasteiger partial charge in [-0.3, -0.25) is 0 Å². The molecule has 17 heavy (non-hydrogen) atoms. The zero-order valence-corrected chi connectivity index (χ0v) is 12.2. The summed E-state index contributed by atoms with van der Waals surface area (Å²) in [5.74, 6) is 0. The molecule has 0 heterocycles. The first-order valence-electron chi connectivity index (χ1n) is 5.45. The van der Waals surface area contributed by atoms with E-state index < -0.39 is 16.3 Å². The highest BCUT2D eigenvalue weighted by Gasteiger charge is 2.29. The molecule has 0 aromatic carbocycles. The Morgan fingerprint density at radius 1 is 1.41 bits per heavy atom. The lowest BCUT2D eigenvalue weighted by Crippen LogP contribution is -2.47. The quantitative estimate of drug-likeness (QED) is 0.761. The Hall–Kier alpha value is -0.340. The van der Waals surface area contributed by atoms with Gasteiger partial charge in [-0.15, -0.1) is 0 Å². The summed E-state index contributed by atoms with van der Waals surface area (Å²) < 4.78 is 32.1. The van der Waals surface area contributed by atoms with Crippen molar-refractivity contribution in [2.75, 3.05) is 0 Å². The fraction of sp³-hybridized carbons (Fsp3) is 0.889. The monoisotopic (exact) mass is 328 g/mol. The van der Waals surface area contributed by atoms with E-state index in [0.717, 1.165) is 19.3 Å². The first-order chi connectivity index (χ1) is 7.80. The van der Waals surface area contributed by atoms with E-state index in [9.17, 15) is 13.2 Å². The molecule has 1 saturated carbocycles. The van der Waals surface area contributed by atoms with E-state index in [4.69, 9.17) is 4.74 Å². The van der Waals surface area contributed by atoms with Crippen LogP contribution in [0.15, 0.2) is 0 Å². The smallest absolute Gasteiger partial charge is 0.422 e. The Bertz CT molecular complexity index is 371. The van der Waals surface area contributed by atoms with E-state index in [1.54, 1.807) is 13.8 Å². The largest absolute Gasteiger partial charge is 0.446 e. The van der Waals surface area contributed by atoms with Crippen LogP contribution >= 0.6 is 15.9 Å². The highest BCUT2D eigenvalue weighted by molar-refractivity contribution is 9.09. The van der Waals surface area contributed by atoms with Crippen LogP contribution in [0.3, 0.4) is 0 Å². The minimum atomic E-state index is -3.85. The van der Waals surface area contributed by atoms with Gasteiger partial charge in [0, 0.05) is 10.9 Å². The molecule has 2 unspecified atom stereocenters. The maximum Gasteiger partial charge on any atom is 0.422 e. The van der Waals surface area contributed by atoms with Crippen molar-refractivity contribution < 1.29 is 17.9 Å². The average molecular weight is 329 g/mol. The van der Waals surface area contributed by atoms with Crippen LogP contribution in [0.4, 0.5) is 4.79 Å². The standard InChI is InChI=1S/C9H17BrN2O4S/c1-6(2)16-9(13)12-17(14,15)11-8-5-3-4-7(8)10/h6-8,11H,3-5H2,1-2H3,(H,12,13). The lowest BCUT2D eigenvalue weighted by atomic mass is 10.3. The molecule has 1 rings (SSSR count). The van der Waals surface area contributed by atoms with E-state index in [1.165, 1.54) is 0 Å². The highest BCUT2D eigenvalue weighted by atomic mass is 79.9. The van der Waals surface area contributed by atoms with Gasteiger partial charge in [0.2, 0.25) is 0 Å². The van der Waals surface area contributed by atoms with Crippen molar-refractivity contribution in [2.24, 2.45) is 0 Å². The molecule has 1 amide bonds. The molecule has 0 saturated heterocycles. The van der Waals surface area contributed by atoms with Crippen molar-refractivity contribution in [2.45, 2.75) is 50.1 Å². The molecule has 2 atom stereocenters. The number of alkyl halides is 1. The van der Waals surface area contributed by atoms with Crippen LogP contribution < -0.4 is 9.44 Å². The fourth-order valence-corrected chi connectivity index (χ4v) is 3.53. The molecule has 0 aromatic heterocycles. The van der Waals surface area contributed by atoms with Gasteiger partial charge in [-0.05, 0) is 26.7 Å². The number of ether oxygens (including phenoxy) is 1. The second-order valence-electron chi connectivity index (χ2n) is 4.23. The first-order valence-corrected chi connectivity index (χ1v) is 7.85. The summed E-state index contributed by atoms with van der Waals surface area (Å²) in [6.07, 6.45) is 1.32. The number of hydrogen-bond acceptors (Lipinski definition) is 4. The third-order valence-corrected chi connectivity index (χ3v) is 4.44. The van der Waals surface area contributed by atoms with Gasteiger partial charge in [-0.1, -0.05) is 22.4 Å². The van der Waals surface area contributed by atoms with E-state index in [-0.39, 0.29) is 17.0 Å². The zero-order chi connectivity index (χ0) is 13.1. The van der Waals surface area contributed by atoms with Gasteiger partial charge in [0.05, 0.1) is 6.10 Å². The molecule has 0 aromatic rings. The lowest BCUT2D eigenvalue weighted by Gasteiger charge is -2.17. The molecule has 1 aliphatic carbocycles. The Kier molecular flexibility index (Phi) is 5.21. The number of hydrogen-bond donors (Lipinski definition) is 2. The average Bonchev–Trinajstić information content (AvgIpc) is 2.47. The maximum atomic E-state index is 11.6. The molecule has 0 spiro atoms. The van der Waals surface area contributed by atoms with Gasteiger partial charge in [0.25, 0.3) is 0 Å². The number of rotatable bonds is 4. The van der Waals surface area contributed by atoms with Crippen molar-refractivity contribution in [3.63, 3.8) is 0 Å². The Labute approximate surface area is 110 Å². The predicted octanol–water partition coefficient (Wildman–Crippen LogP) is 1.27. The van der Waals surface area contributed by atoms with Crippen molar-refractivity contribution >= 4 is 32.2 Å². The Morgan fingerprint density at radius 3 is 2.53 bits per heavy atom. The van der Waals surface area contributed by atoms with Gasteiger partial charge in [-0.2, -0.15) is 13.1 Å². The Morgan fingerprint density at radius 2 is 2.06 bits per heavy atom. The molecule has 0 aliphatic heterocycles. The third-order valence-electron chi connectivity index (χ3n) is 2.30. The van der Waals surface area contributed by atoms with Crippen LogP contribution in [-0.4, -0.2) is 31.5 Å². The molecule has 1 fully saturated rings. The van der Waals surface area contributed by atoms with Gasteiger partial charge in [0.1, 0.15) is 0 Å². The van der Waals surface area contributed by atoms with Crippen molar-refractivity contribution in [3.05, 3.63) is 0 Å². The summed E-state index contributed by atoms with van der Waals surface area (Å²) >= 11 is 3.39. The number of carbonyl (C=O) groups is 1. The van der Waals surface area contributed by atoms with Crippen molar-refractivity contribution in [3.8, 4) is 0 Å². The SMILES string of the molecule is CC(C)OC(=O)NS(=O)(=O)NC1CCCC1Br. The van der Waals surface area contributed by atoms with E-state index in [1.807, 2.05) is 4.72 Å². The molecule has 100 valence electrons. The topological polar surface area (TPSA) is 84.5 Å². The summed E-state index contributed by atoms with van der Waals surface area (Å²) in [5.41, 5.74) is 0. The second kappa shape index (κ2) is 6.01. The maximum absolute atomic E-state index is 11.6. The van der Waals surface area contributed by atoms with Gasteiger partial charge < -0.3 is 4.74 Å². The van der Waals surface area contributed by atoms with Crippen LogP contribution in [0.5, 0.6) is 0 Å². The highest BCUT2D eigenvalue weighted by Crippen LogP contribution is 2.25. The molecule has 6 nitrogen and oxygen atoms in total. The summed E-state index contributed by atoms with van der Waals surface area (Å²) in [5, 5.41) is 0. The van der Waals surface area contributed by atoms with Crippen LogP contribution in [-0.2, 0) is 14.9 Å². The number of nitrogens with one attached hydrogen (secondary N) is 2. The first kappa shape index (κ1) is 14.7. The summed E-state index contributed by atoms with van der Waals surface area (Å²) in [4.78, 5) is 11.3. The van der Waals surface area contributed by atoms with Crippen molar-refractivity contribution in [1.29, 1.82) is 0 Å². The zero-order valence-electron chi connectivity index (χ0n) is 9.77. The molecule has 2 N–H and O–H groups in total. The van der Waals surface area contributed by atoms with Gasteiger partial charge in [-0.25, -0.2) is 9.52 Å². The van der Waals surface area contributed by atoms with Gasteiger partial charge in [0.15, 0.2) is 0 Å². The van der Waals surface area contributed by atoms with Gasteiger partial charge >= 0.3 is 16.3 Å². The number of amides is 1. The predicted molar refractivity (Wildman–Crippen MR) is 67.2 cm³/mol. The number of carbonyl (C=O) groups excluding carboxylic acids is 1. The van der Waals surface area contributed by atoms with Crippen LogP contribution in [0.2, 0.25) is 0 Å². The molecular weight excluding hydrogens is 312 g/mol. The molecule has 0 bridgehead atoms. The minimum absolute atomic E-state index is 0.111. The number of halogens is 1.